The SMILES string of the molecule is CCCCC[Si]1CCC(C2CCC(c3cc(F)c(-c4ccc(F)cc4)c(F)c3)CC2)CC1. The summed E-state index contributed by atoms with van der Waals surface area (Å²) >= 11 is 0. The number of unbranched alkanes of at least 4 members (excludes halogenated alkanes) is 2. The third-order valence-corrected chi connectivity index (χ3v) is 11.0. The number of halogens is 3. The Morgan fingerprint density at radius 1 is 0.781 bits per heavy atom. The van der Waals surface area contributed by atoms with Crippen LogP contribution in [0.15, 0.2) is 36.4 Å². The zero-order valence-corrected chi connectivity index (χ0v) is 20.3. The highest BCUT2D eigenvalue weighted by atomic mass is 28.3. The molecule has 0 amide bonds. The first-order valence-electron chi connectivity index (χ1n) is 12.6. The molecular formula is C28H36F3Si. The maximum atomic E-state index is 14.8. The van der Waals surface area contributed by atoms with Gasteiger partial charge < -0.3 is 0 Å². The van der Waals surface area contributed by atoms with Gasteiger partial charge in [0.2, 0.25) is 0 Å². The van der Waals surface area contributed by atoms with E-state index in [1.54, 1.807) is 0 Å². The van der Waals surface area contributed by atoms with Crippen LogP contribution in [0.3, 0.4) is 0 Å². The van der Waals surface area contributed by atoms with Gasteiger partial charge in [0.05, 0.1) is 5.56 Å². The summed E-state index contributed by atoms with van der Waals surface area (Å²) in [5.41, 5.74) is 1.11. The molecule has 0 aromatic heterocycles. The zero-order valence-electron chi connectivity index (χ0n) is 19.3. The topological polar surface area (TPSA) is 0 Å². The molecule has 2 aromatic carbocycles. The van der Waals surface area contributed by atoms with Gasteiger partial charge in [-0.3, -0.25) is 0 Å². The van der Waals surface area contributed by atoms with Crippen LogP contribution < -0.4 is 0 Å². The lowest BCUT2D eigenvalue weighted by atomic mass is 9.72. The van der Waals surface area contributed by atoms with E-state index in [0.717, 1.165) is 30.2 Å². The molecule has 0 bridgehead atoms. The van der Waals surface area contributed by atoms with E-state index in [1.807, 2.05) is 0 Å². The minimum atomic E-state index is -0.543. The molecule has 0 unspecified atom stereocenters. The highest BCUT2D eigenvalue weighted by Crippen LogP contribution is 2.44. The van der Waals surface area contributed by atoms with Crippen molar-refractivity contribution in [3.63, 3.8) is 0 Å². The van der Waals surface area contributed by atoms with Crippen LogP contribution >= 0.6 is 0 Å². The molecule has 4 heteroatoms. The molecule has 2 aliphatic rings. The van der Waals surface area contributed by atoms with Crippen molar-refractivity contribution in [2.75, 3.05) is 0 Å². The molecule has 1 saturated heterocycles. The second kappa shape index (κ2) is 11.0. The van der Waals surface area contributed by atoms with Gasteiger partial charge in [0.25, 0.3) is 0 Å². The van der Waals surface area contributed by atoms with Crippen LogP contribution in [0.25, 0.3) is 11.1 Å². The molecule has 4 rings (SSSR count). The van der Waals surface area contributed by atoms with Crippen molar-refractivity contribution >= 4 is 8.80 Å². The first-order valence-corrected chi connectivity index (χ1v) is 14.8. The highest BCUT2D eigenvalue weighted by Gasteiger charge is 2.32. The van der Waals surface area contributed by atoms with E-state index in [1.165, 1.54) is 99.5 Å². The van der Waals surface area contributed by atoms with Crippen molar-refractivity contribution < 1.29 is 13.2 Å². The van der Waals surface area contributed by atoms with E-state index in [2.05, 4.69) is 6.92 Å². The molecule has 2 fully saturated rings. The molecule has 32 heavy (non-hydrogen) atoms. The van der Waals surface area contributed by atoms with Crippen LogP contribution in [0, 0.1) is 29.3 Å². The summed E-state index contributed by atoms with van der Waals surface area (Å²) in [6.07, 6.45) is 11.4. The predicted octanol–water partition coefficient (Wildman–Crippen LogP) is 9.14. The minimum absolute atomic E-state index is 0.0545. The molecule has 0 atom stereocenters. The van der Waals surface area contributed by atoms with Crippen molar-refractivity contribution in [1.29, 1.82) is 0 Å². The Bertz CT molecular complexity index is 840. The molecular weight excluding hydrogens is 421 g/mol. The van der Waals surface area contributed by atoms with Crippen molar-refractivity contribution in [2.24, 2.45) is 11.8 Å². The molecule has 173 valence electrons. The monoisotopic (exact) mass is 457 g/mol. The lowest BCUT2D eigenvalue weighted by molar-refractivity contribution is 0.216. The third-order valence-electron chi connectivity index (χ3n) is 7.98. The first kappa shape index (κ1) is 23.6. The van der Waals surface area contributed by atoms with Gasteiger partial charge in [-0.2, -0.15) is 0 Å². The van der Waals surface area contributed by atoms with Gasteiger partial charge in [-0.15, -0.1) is 0 Å². The average molecular weight is 458 g/mol. The van der Waals surface area contributed by atoms with Gasteiger partial charge in [0.15, 0.2) is 0 Å². The van der Waals surface area contributed by atoms with Crippen LogP contribution in [0.5, 0.6) is 0 Å². The highest BCUT2D eigenvalue weighted by molar-refractivity contribution is 6.58. The molecule has 1 radical (unpaired) electrons. The number of benzene rings is 2. The Labute approximate surface area is 193 Å². The van der Waals surface area contributed by atoms with Crippen molar-refractivity contribution in [1.82, 2.24) is 0 Å². The Morgan fingerprint density at radius 2 is 1.38 bits per heavy atom. The summed E-state index contributed by atoms with van der Waals surface area (Å²) in [5, 5.41) is 0. The summed E-state index contributed by atoms with van der Waals surface area (Å²) in [5.74, 6) is 0.436. The first-order chi connectivity index (χ1) is 15.5. The average Bonchev–Trinajstić information content (AvgIpc) is 2.81. The lowest BCUT2D eigenvalue weighted by Gasteiger charge is -2.37. The predicted molar refractivity (Wildman–Crippen MR) is 129 cm³/mol. The second-order valence-electron chi connectivity index (χ2n) is 10.0. The quantitative estimate of drug-likeness (QED) is 0.287. The smallest absolute Gasteiger partial charge is 0.134 e. The van der Waals surface area contributed by atoms with Crippen LogP contribution in [0.1, 0.15) is 76.2 Å². The Balaban J connectivity index is 1.32. The zero-order chi connectivity index (χ0) is 22.5. The number of hydrogen-bond acceptors (Lipinski definition) is 0. The number of rotatable bonds is 7. The van der Waals surface area contributed by atoms with E-state index >= 15 is 0 Å². The van der Waals surface area contributed by atoms with Gasteiger partial charge in [0, 0.05) is 8.80 Å². The van der Waals surface area contributed by atoms with E-state index in [-0.39, 0.29) is 20.3 Å². The summed E-state index contributed by atoms with van der Waals surface area (Å²) in [6.45, 7) is 2.29. The maximum absolute atomic E-state index is 14.8. The van der Waals surface area contributed by atoms with Crippen molar-refractivity contribution in [2.45, 2.75) is 88.8 Å². The molecule has 1 aliphatic heterocycles. The maximum Gasteiger partial charge on any atom is 0.134 e. The fraction of sp³-hybridized carbons (Fsp3) is 0.571. The molecule has 0 N–H and O–H groups in total. The van der Waals surface area contributed by atoms with Crippen molar-refractivity contribution in [3.05, 3.63) is 59.4 Å². The van der Waals surface area contributed by atoms with Gasteiger partial charge in [-0.05, 0) is 78.8 Å². The van der Waals surface area contributed by atoms with Gasteiger partial charge in [-0.25, -0.2) is 13.2 Å². The normalized spacial score (nSPS) is 22.9. The van der Waals surface area contributed by atoms with Gasteiger partial charge >= 0.3 is 0 Å². The molecule has 2 aromatic rings. The second-order valence-corrected chi connectivity index (χ2v) is 13.0. The van der Waals surface area contributed by atoms with Crippen LogP contribution in [-0.2, 0) is 0 Å². The van der Waals surface area contributed by atoms with E-state index in [4.69, 9.17) is 0 Å². The van der Waals surface area contributed by atoms with Crippen LogP contribution in [-0.4, -0.2) is 8.80 Å². The van der Waals surface area contributed by atoms with Gasteiger partial charge in [0.1, 0.15) is 17.5 Å². The van der Waals surface area contributed by atoms with Crippen LogP contribution in [0.2, 0.25) is 18.1 Å². The summed E-state index contributed by atoms with van der Waals surface area (Å²) in [6, 6.07) is 12.9. The van der Waals surface area contributed by atoms with E-state index in [9.17, 15) is 13.2 Å². The van der Waals surface area contributed by atoms with E-state index < -0.39 is 17.5 Å². The van der Waals surface area contributed by atoms with Gasteiger partial charge in [-0.1, -0.05) is 69.3 Å². The minimum Gasteiger partial charge on any atom is -0.207 e. The summed E-state index contributed by atoms with van der Waals surface area (Å²) < 4.78 is 42.8. The molecule has 1 heterocycles. The standard InChI is InChI=1S/C28H36F3Si/c1-2-3-4-15-32-16-13-22(14-17-32)20-5-7-21(8-6-20)24-18-26(30)28(27(31)19-24)23-9-11-25(29)12-10-23/h9-12,18-22H,2-8,13-17H2,1H3. The number of hydrogen-bond donors (Lipinski definition) is 0. The fourth-order valence-electron chi connectivity index (χ4n) is 6.04. The van der Waals surface area contributed by atoms with Crippen LogP contribution in [0.4, 0.5) is 13.2 Å². The Kier molecular flexibility index (Phi) is 8.15. The fourth-order valence-corrected chi connectivity index (χ4v) is 9.10. The summed E-state index contributed by atoms with van der Waals surface area (Å²) in [4.78, 5) is 0. The largest absolute Gasteiger partial charge is 0.207 e. The third kappa shape index (κ3) is 5.68. The Morgan fingerprint density at radius 3 is 1.97 bits per heavy atom. The Hall–Kier alpha value is -1.55. The molecule has 1 saturated carbocycles. The molecule has 0 nitrogen and oxygen atoms in total. The van der Waals surface area contributed by atoms with E-state index in [0.29, 0.717) is 5.56 Å². The molecule has 1 aliphatic carbocycles. The molecule has 0 spiro atoms. The lowest BCUT2D eigenvalue weighted by Crippen LogP contribution is -2.28. The summed E-state index contributed by atoms with van der Waals surface area (Å²) in [7, 11) is -0.0866. The van der Waals surface area contributed by atoms with Crippen molar-refractivity contribution in [3.8, 4) is 11.1 Å².